The van der Waals surface area contributed by atoms with Crippen LogP contribution in [0.5, 0.6) is 0 Å². The molecule has 0 spiro atoms. The van der Waals surface area contributed by atoms with Crippen LogP contribution in [0, 0.1) is 0 Å². The fourth-order valence-corrected chi connectivity index (χ4v) is 2.87. The molecule has 2 N–H and O–H groups in total. The van der Waals surface area contributed by atoms with E-state index >= 15 is 0 Å². The Kier molecular flexibility index (Phi) is 2.99. The van der Waals surface area contributed by atoms with E-state index in [1.165, 1.54) is 0 Å². The van der Waals surface area contributed by atoms with Gasteiger partial charge < -0.3 is 10.1 Å². The number of rotatable bonds is 3. The molecule has 0 fully saturated rings. The summed E-state index contributed by atoms with van der Waals surface area (Å²) in [5, 5.41) is 9.36. The van der Waals surface area contributed by atoms with Crippen LogP contribution in [0.4, 0.5) is 0 Å². The molecule has 0 aliphatic carbocycles. The molecule has 0 saturated carbocycles. The Morgan fingerprint density at radius 3 is 3.05 bits per heavy atom. The van der Waals surface area contributed by atoms with Crippen LogP contribution in [0.25, 0.3) is 16.8 Å². The molecular weight excluding hydrogens is 334 g/mol. The number of aromatic nitrogens is 3. The van der Waals surface area contributed by atoms with Crippen LogP contribution >= 0.6 is 27.5 Å². The lowest BCUT2D eigenvalue weighted by molar-refractivity contribution is -0.136. The van der Waals surface area contributed by atoms with Crippen molar-refractivity contribution < 1.29 is 9.90 Å². The molecule has 7 heteroatoms. The van der Waals surface area contributed by atoms with Gasteiger partial charge >= 0.3 is 5.97 Å². The summed E-state index contributed by atoms with van der Waals surface area (Å²) in [5.74, 6) is -0.156. The highest BCUT2D eigenvalue weighted by molar-refractivity contribution is 9.10. The Labute approximate surface area is 121 Å². The third-order valence-electron chi connectivity index (χ3n) is 2.91. The van der Waals surface area contributed by atoms with Crippen molar-refractivity contribution in [3.05, 3.63) is 33.5 Å². The number of nitrogens with one attached hydrogen (secondary N) is 1. The topological polar surface area (TPSA) is 70.4 Å². The van der Waals surface area contributed by atoms with Crippen molar-refractivity contribution in [2.75, 3.05) is 0 Å². The van der Waals surface area contributed by atoms with E-state index in [1.54, 1.807) is 6.07 Å². The van der Waals surface area contributed by atoms with Crippen molar-refractivity contribution in [1.82, 2.24) is 14.4 Å². The summed E-state index contributed by atoms with van der Waals surface area (Å²) in [4.78, 5) is 18.2. The van der Waals surface area contributed by atoms with E-state index in [4.69, 9.17) is 16.7 Å². The number of benzene rings is 1. The average molecular weight is 343 g/mol. The zero-order valence-electron chi connectivity index (χ0n) is 9.65. The molecule has 3 aromatic rings. The van der Waals surface area contributed by atoms with Gasteiger partial charge in [-0.25, -0.2) is 4.98 Å². The fourth-order valence-electron chi connectivity index (χ4n) is 2.05. The minimum Gasteiger partial charge on any atom is -0.481 e. The van der Waals surface area contributed by atoms with Gasteiger partial charge in [-0.3, -0.25) is 9.20 Å². The van der Waals surface area contributed by atoms with Gasteiger partial charge in [0.2, 0.25) is 5.78 Å². The predicted octanol–water partition coefficient (Wildman–Crippen LogP) is 3.25. The first-order chi connectivity index (χ1) is 9.06. The Morgan fingerprint density at radius 1 is 1.53 bits per heavy atom. The Bertz CT molecular complexity index is 793. The molecule has 1 aromatic carbocycles. The number of nitrogens with zero attached hydrogens (tertiary/aromatic N) is 2. The van der Waals surface area contributed by atoms with Gasteiger partial charge in [0.25, 0.3) is 0 Å². The Balaban J connectivity index is 2.16. The monoisotopic (exact) mass is 341 g/mol. The molecule has 0 aliphatic rings. The van der Waals surface area contributed by atoms with Crippen LogP contribution in [0.15, 0.2) is 22.8 Å². The van der Waals surface area contributed by atoms with Crippen LogP contribution in [-0.4, -0.2) is 25.4 Å². The largest absolute Gasteiger partial charge is 0.481 e. The number of hydrogen-bond donors (Lipinski definition) is 2. The molecule has 2 heterocycles. The van der Waals surface area contributed by atoms with Crippen LogP contribution < -0.4 is 0 Å². The molecule has 0 amide bonds. The highest BCUT2D eigenvalue weighted by atomic mass is 79.9. The molecule has 2 aromatic heterocycles. The standard InChI is InChI=1S/C12H9BrClN3O2/c13-11-8(3-4-10(18)19)16-12-15-7-2-1-6(14)5-9(7)17(11)12/h1-2,5H,3-4H2,(H,15,16)(H,18,19). The smallest absolute Gasteiger partial charge is 0.303 e. The number of halogens is 2. The van der Waals surface area contributed by atoms with Gasteiger partial charge in [-0.1, -0.05) is 11.6 Å². The zero-order chi connectivity index (χ0) is 13.6. The van der Waals surface area contributed by atoms with Crippen molar-refractivity contribution >= 4 is 50.3 Å². The highest BCUT2D eigenvalue weighted by Gasteiger charge is 2.15. The number of carboxylic acids is 1. The molecule has 0 atom stereocenters. The van der Waals surface area contributed by atoms with E-state index < -0.39 is 5.97 Å². The number of aryl methyl sites for hydroxylation is 1. The number of hydrogen-bond acceptors (Lipinski definition) is 2. The lowest BCUT2D eigenvalue weighted by atomic mass is 10.2. The third-order valence-corrected chi connectivity index (χ3v) is 3.98. The summed E-state index contributed by atoms with van der Waals surface area (Å²) in [5.41, 5.74) is 2.53. The Morgan fingerprint density at radius 2 is 2.32 bits per heavy atom. The first kappa shape index (κ1) is 12.5. The number of aromatic amines is 1. The van der Waals surface area contributed by atoms with Crippen molar-refractivity contribution in [2.45, 2.75) is 12.8 Å². The number of aliphatic carboxylic acids is 1. The van der Waals surface area contributed by atoms with Crippen LogP contribution in [0.3, 0.4) is 0 Å². The zero-order valence-corrected chi connectivity index (χ0v) is 12.0. The van der Waals surface area contributed by atoms with E-state index in [9.17, 15) is 4.79 Å². The van der Waals surface area contributed by atoms with Crippen LogP contribution in [0.2, 0.25) is 5.02 Å². The average Bonchev–Trinajstić information content (AvgIpc) is 2.84. The van der Waals surface area contributed by atoms with E-state index in [0.717, 1.165) is 21.3 Å². The molecule has 0 radical (unpaired) electrons. The number of imidazole rings is 2. The summed E-state index contributed by atoms with van der Waals surface area (Å²) in [7, 11) is 0. The van der Waals surface area contributed by atoms with Gasteiger partial charge in [-0.2, -0.15) is 0 Å². The summed E-state index contributed by atoms with van der Waals surface area (Å²) >= 11 is 9.48. The normalized spacial score (nSPS) is 11.5. The molecule has 0 saturated heterocycles. The third kappa shape index (κ3) is 2.11. The summed E-state index contributed by atoms with van der Waals surface area (Å²) < 4.78 is 2.67. The SMILES string of the molecule is O=C(O)CCc1[nH]c2nc3ccc(Cl)cc3n2c1Br. The van der Waals surface area contributed by atoms with Gasteiger partial charge in [-0.05, 0) is 34.1 Å². The fraction of sp³-hybridized carbons (Fsp3) is 0.167. The van der Waals surface area contributed by atoms with Crippen molar-refractivity contribution in [2.24, 2.45) is 0 Å². The van der Waals surface area contributed by atoms with E-state index in [0.29, 0.717) is 17.2 Å². The second-order valence-electron chi connectivity index (χ2n) is 4.19. The molecule has 3 rings (SSSR count). The van der Waals surface area contributed by atoms with E-state index in [1.807, 2.05) is 16.5 Å². The number of carboxylic acid groups (broad SMARTS) is 1. The molecule has 0 bridgehead atoms. The van der Waals surface area contributed by atoms with E-state index in [2.05, 4.69) is 25.9 Å². The highest BCUT2D eigenvalue weighted by Crippen LogP contribution is 2.27. The summed E-state index contributed by atoms with van der Waals surface area (Å²) in [6.45, 7) is 0. The van der Waals surface area contributed by atoms with Gasteiger partial charge in [-0.15, -0.1) is 0 Å². The first-order valence-corrected chi connectivity index (χ1v) is 6.79. The van der Waals surface area contributed by atoms with Gasteiger partial charge in [0.1, 0.15) is 4.60 Å². The lowest BCUT2D eigenvalue weighted by Gasteiger charge is -1.97. The molecule has 5 nitrogen and oxygen atoms in total. The lowest BCUT2D eigenvalue weighted by Crippen LogP contribution is -1.98. The van der Waals surface area contributed by atoms with Gasteiger partial charge in [0, 0.05) is 17.1 Å². The number of H-pyrrole nitrogens is 1. The van der Waals surface area contributed by atoms with Crippen molar-refractivity contribution in [1.29, 1.82) is 0 Å². The second-order valence-corrected chi connectivity index (χ2v) is 5.38. The maximum absolute atomic E-state index is 10.6. The molecule has 98 valence electrons. The van der Waals surface area contributed by atoms with Gasteiger partial charge in [0.05, 0.1) is 17.5 Å². The number of fused-ring (bicyclic) bond motifs is 3. The second kappa shape index (κ2) is 4.54. The molecular formula is C12H9BrClN3O2. The van der Waals surface area contributed by atoms with Crippen molar-refractivity contribution in [3.63, 3.8) is 0 Å². The first-order valence-electron chi connectivity index (χ1n) is 5.62. The molecule has 0 unspecified atom stereocenters. The molecule has 0 aliphatic heterocycles. The van der Waals surface area contributed by atoms with E-state index in [-0.39, 0.29) is 6.42 Å². The maximum atomic E-state index is 10.6. The summed E-state index contributed by atoms with van der Waals surface area (Å²) in [6.07, 6.45) is 0.488. The van der Waals surface area contributed by atoms with Crippen LogP contribution in [0.1, 0.15) is 12.1 Å². The predicted molar refractivity (Wildman–Crippen MR) is 75.7 cm³/mol. The van der Waals surface area contributed by atoms with Crippen molar-refractivity contribution in [3.8, 4) is 0 Å². The molecule has 19 heavy (non-hydrogen) atoms. The quantitative estimate of drug-likeness (QED) is 0.767. The maximum Gasteiger partial charge on any atom is 0.303 e. The van der Waals surface area contributed by atoms with Gasteiger partial charge in [0.15, 0.2) is 0 Å². The summed E-state index contributed by atoms with van der Waals surface area (Å²) in [6, 6.07) is 5.47. The minimum absolute atomic E-state index is 0.0704. The Hall–Kier alpha value is -1.53. The number of carbonyl (C=O) groups is 1. The minimum atomic E-state index is -0.827. The van der Waals surface area contributed by atoms with Crippen LogP contribution in [-0.2, 0) is 11.2 Å².